The largest absolute Gasteiger partial charge is 0.481 e. The van der Waals surface area contributed by atoms with Crippen LogP contribution in [0.3, 0.4) is 0 Å². The molecule has 0 saturated heterocycles. The van der Waals surface area contributed by atoms with Crippen molar-refractivity contribution in [1.82, 2.24) is 15.2 Å². The number of aliphatic carboxylic acids is 1. The summed E-state index contributed by atoms with van der Waals surface area (Å²) in [6, 6.07) is -0.319. The Labute approximate surface area is 129 Å². The van der Waals surface area contributed by atoms with Gasteiger partial charge in [0.05, 0.1) is 28.2 Å². The van der Waals surface area contributed by atoms with E-state index in [-0.39, 0.29) is 6.03 Å². The van der Waals surface area contributed by atoms with Gasteiger partial charge in [0.15, 0.2) is 0 Å². The van der Waals surface area contributed by atoms with Crippen molar-refractivity contribution in [3.63, 3.8) is 0 Å². The number of hydrogen-bond donors (Lipinski definition) is 2. The van der Waals surface area contributed by atoms with Crippen LogP contribution in [0.4, 0.5) is 4.79 Å². The summed E-state index contributed by atoms with van der Waals surface area (Å²) in [6.45, 7) is 8.91. The lowest BCUT2D eigenvalue weighted by molar-refractivity contribution is -0.150. The summed E-state index contributed by atoms with van der Waals surface area (Å²) in [5.41, 5.74) is -1.14. The Morgan fingerprint density at radius 1 is 1.38 bits per heavy atom. The smallest absolute Gasteiger partial charge is 0.317 e. The molecule has 0 saturated carbocycles. The van der Waals surface area contributed by atoms with Gasteiger partial charge in [0.2, 0.25) is 0 Å². The summed E-state index contributed by atoms with van der Waals surface area (Å²) in [6.07, 6.45) is 0. The van der Waals surface area contributed by atoms with Crippen LogP contribution in [0.2, 0.25) is 0 Å². The fraction of sp³-hybridized carbons (Fsp3) is 0.643. The molecule has 0 aromatic carbocycles. The molecule has 1 rings (SSSR count). The molecule has 0 spiro atoms. The lowest BCUT2D eigenvalue weighted by Crippen LogP contribution is -2.59. The fourth-order valence-electron chi connectivity index (χ4n) is 1.58. The normalized spacial score (nSPS) is 12.1. The zero-order valence-electron chi connectivity index (χ0n) is 13.4. The van der Waals surface area contributed by atoms with Gasteiger partial charge >= 0.3 is 12.0 Å². The van der Waals surface area contributed by atoms with Crippen LogP contribution in [0, 0.1) is 12.3 Å². The number of carbonyl (C=O) groups excluding carboxylic acids is 1. The molecule has 0 radical (unpaired) electrons. The van der Waals surface area contributed by atoms with Crippen molar-refractivity contribution in [2.75, 3.05) is 7.05 Å². The van der Waals surface area contributed by atoms with Gasteiger partial charge < -0.3 is 15.3 Å². The first-order valence-corrected chi connectivity index (χ1v) is 7.53. The molecular weight excluding hydrogens is 290 g/mol. The molecule has 1 aromatic rings. The van der Waals surface area contributed by atoms with Gasteiger partial charge in [-0.2, -0.15) is 0 Å². The molecule has 0 fully saturated rings. The molecule has 0 bridgehead atoms. The summed E-state index contributed by atoms with van der Waals surface area (Å²) >= 11 is 1.53. The summed E-state index contributed by atoms with van der Waals surface area (Å²) < 4.78 is 0. The molecule has 0 aliphatic heterocycles. The van der Waals surface area contributed by atoms with Crippen LogP contribution in [0.1, 0.15) is 38.4 Å². The molecule has 1 aromatic heterocycles. The topological polar surface area (TPSA) is 82.5 Å². The Hall–Kier alpha value is -1.63. The van der Waals surface area contributed by atoms with E-state index in [4.69, 9.17) is 0 Å². The third kappa shape index (κ3) is 3.93. The van der Waals surface area contributed by atoms with Crippen LogP contribution in [0.5, 0.6) is 0 Å². The van der Waals surface area contributed by atoms with Crippen molar-refractivity contribution < 1.29 is 14.7 Å². The van der Waals surface area contributed by atoms with Crippen LogP contribution in [-0.2, 0) is 11.3 Å². The van der Waals surface area contributed by atoms with Gasteiger partial charge in [0, 0.05) is 12.4 Å². The van der Waals surface area contributed by atoms with Crippen LogP contribution in [0.15, 0.2) is 5.38 Å². The van der Waals surface area contributed by atoms with Crippen LogP contribution in [0.25, 0.3) is 0 Å². The Morgan fingerprint density at radius 2 is 1.95 bits per heavy atom. The van der Waals surface area contributed by atoms with Crippen molar-refractivity contribution in [2.45, 2.75) is 46.7 Å². The van der Waals surface area contributed by atoms with Crippen LogP contribution in [-0.4, -0.2) is 39.6 Å². The van der Waals surface area contributed by atoms with E-state index in [0.717, 1.165) is 10.7 Å². The van der Waals surface area contributed by atoms with Gasteiger partial charge in [-0.1, -0.05) is 0 Å². The van der Waals surface area contributed by atoms with E-state index in [1.807, 2.05) is 12.3 Å². The number of amides is 2. The Morgan fingerprint density at radius 3 is 2.38 bits per heavy atom. The lowest BCUT2D eigenvalue weighted by Gasteiger charge is -2.39. The highest BCUT2D eigenvalue weighted by Gasteiger charge is 2.44. The fourth-order valence-corrected chi connectivity index (χ4v) is 2.19. The minimum atomic E-state index is -1.08. The predicted molar refractivity (Wildman–Crippen MR) is 82.3 cm³/mol. The van der Waals surface area contributed by atoms with Gasteiger partial charge in [0.1, 0.15) is 0 Å². The maximum atomic E-state index is 12.2. The molecule has 21 heavy (non-hydrogen) atoms. The molecule has 2 amide bonds. The quantitative estimate of drug-likeness (QED) is 0.875. The van der Waals surface area contributed by atoms with E-state index >= 15 is 0 Å². The first kappa shape index (κ1) is 17.4. The van der Waals surface area contributed by atoms with Crippen molar-refractivity contribution in [3.8, 4) is 0 Å². The van der Waals surface area contributed by atoms with E-state index in [0.29, 0.717) is 6.54 Å². The zero-order chi connectivity index (χ0) is 16.4. The molecule has 0 aliphatic rings. The number of urea groups is 1. The SMILES string of the molecule is Cc1nc(CN(C)C(=O)NC(C)(C)C(C)(C)C(=O)O)cs1. The third-order valence-electron chi connectivity index (χ3n) is 3.93. The molecule has 7 heteroatoms. The minimum absolute atomic E-state index is 0.319. The maximum absolute atomic E-state index is 12.2. The average Bonchev–Trinajstić information content (AvgIpc) is 2.73. The molecule has 0 unspecified atom stereocenters. The zero-order valence-corrected chi connectivity index (χ0v) is 14.2. The highest BCUT2D eigenvalue weighted by Crippen LogP contribution is 2.30. The lowest BCUT2D eigenvalue weighted by atomic mass is 9.74. The number of hydrogen-bond acceptors (Lipinski definition) is 4. The Balaban J connectivity index is 2.73. The van der Waals surface area contributed by atoms with E-state index < -0.39 is 16.9 Å². The minimum Gasteiger partial charge on any atom is -0.481 e. The van der Waals surface area contributed by atoms with E-state index in [1.165, 1.54) is 16.2 Å². The summed E-state index contributed by atoms with van der Waals surface area (Å²) in [4.78, 5) is 29.4. The van der Waals surface area contributed by atoms with Crippen molar-refractivity contribution in [2.24, 2.45) is 5.41 Å². The molecule has 118 valence electrons. The van der Waals surface area contributed by atoms with Gasteiger partial charge in [-0.05, 0) is 34.6 Å². The number of aryl methyl sites for hydroxylation is 1. The molecule has 1 heterocycles. The number of nitrogens with one attached hydrogen (secondary N) is 1. The molecule has 6 nitrogen and oxygen atoms in total. The number of carboxylic acid groups (broad SMARTS) is 1. The van der Waals surface area contributed by atoms with Crippen molar-refractivity contribution in [3.05, 3.63) is 16.1 Å². The highest BCUT2D eigenvalue weighted by atomic mass is 32.1. The van der Waals surface area contributed by atoms with Crippen molar-refractivity contribution in [1.29, 1.82) is 0 Å². The Bertz CT molecular complexity index is 537. The number of nitrogens with zero attached hydrogens (tertiary/aromatic N) is 2. The molecule has 0 atom stereocenters. The van der Waals surface area contributed by atoms with Crippen LogP contribution < -0.4 is 5.32 Å². The van der Waals surface area contributed by atoms with Crippen molar-refractivity contribution >= 4 is 23.3 Å². The standard InChI is InChI=1S/C14H23N3O3S/c1-9-15-10(8-21-9)7-17(6)12(20)16-14(4,5)13(2,3)11(18)19/h8H,7H2,1-6H3,(H,16,20)(H,18,19). The second-order valence-electron chi connectivity index (χ2n) is 6.20. The summed E-state index contributed by atoms with van der Waals surface area (Å²) in [5, 5.41) is 14.9. The molecule has 0 aliphatic carbocycles. The van der Waals surface area contributed by atoms with E-state index in [9.17, 15) is 14.7 Å². The first-order chi connectivity index (χ1) is 9.47. The number of thiazole rings is 1. The van der Waals surface area contributed by atoms with Crippen LogP contribution >= 0.6 is 11.3 Å². The highest BCUT2D eigenvalue weighted by molar-refractivity contribution is 7.09. The summed E-state index contributed by atoms with van der Waals surface area (Å²) in [5.74, 6) is -0.953. The van der Waals surface area contributed by atoms with Gasteiger partial charge in [-0.25, -0.2) is 9.78 Å². The van der Waals surface area contributed by atoms with Gasteiger partial charge in [-0.3, -0.25) is 4.79 Å². The van der Waals surface area contributed by atoms with Gasteiger partial charge in [-0.15, -0.1) is 11.3 Å². The second kappa shape index (κ2) is 6.01. The van der Waals surface area contributed by atoms with Gasteiger partial charge in [0.25, 0.3) is 0 Å². The molecular formula is C14H23N3O3S. The third-order valence-corrected chi connectivity index (χ3v) is 4.75. The number of carboxylic acids is 1. The average molecular weight is 313 g/mol. The maximum Gasteiger partial charge on any atom is 0.317 e. The Kier molecular flexibility index (Phi) is 4.99. The summed E-state index contributed by atoms with van der Waals surface area (Å²) in [7, 11) is 1.66. The predicted octanol–water partition coefficient (Wildman–Crippen LogP) is 2.48. The van der Waals surface area contributed by atoms with E-state index in [2.05, 4.69) is 10.3 Å². The van der Waals surface area contributed by atoms with E-state index in [1.54, 1.807) is 34.7 Å². The number of carbonyl (C=O) groups is 2. The number of aromatic nitrogens is 1. The second-order valence-corrected chi connectivity index (χ2v) is 7.26. The first-order valence-electron chi connectivity index (χ1n) is 6.65. The number of rotatable bonds is 5. The monoisotopic (exact) mass is 313 g/mol. The molecule has 2 N–H and O–H groups in total.